The van der Waals surface area contributed by atoms with Crippen molar-refractivity contribution in [2.45, 2.75) is 29.4 Å². The zero-order chi connectivity index (χ0) is 45.1. The van der Waals surface area contributed by atoms with Crippen LogP contribution in [-0.4, -0.2) is 17.0 Å². The molecule has 8 rings (SSSR count). The zero-order valence-corrected chi connectivity index (χ0v) is 49.4. The van der Waals surface area contributed by atoms with Gasteiger partial charge in [-0.15, -0.1) is 0 Å². The van der Waals surface area contributed by atoms with Crippen LogP contribution in [-0.2, 0) is 21.8 Å². The first-order valence-corrected chi connectivity index (χ1v) is 29.0. The number of benzene rings is 8. The van der Waals surface area contributed by atoms with E-state index in [1.807, 2.05) is 93.7 Å². The molecule has 0 spiro atoms. The molecule has 0 aromatic heterocycles. The van der Waals surface area contributed by atoms with Gasteiger partial charge in [0.05, 0.1) is 30.9 Å². The highest BCUT2D eigenvalue weighted by Gasteiger charge is 2.31. The van der Waals surface area contributed by atoms with Crippen molar-refractivity contribution < 1.29 is 24.2 Å². The molecular weight excluding hydrogens is 1630 g/mol. The Morgan fingerprint density at radius 3 is 1.06 bits per heavy atom. The van der Waals surface area contributed by atoms with Gasteiger partial charge in [0.15, 0.2) is 29.4 Å². The molecule has 64 heavy (non-hydrogen) atoms. The van der Waals surface area contributed by atoms with Gasteiger partial charge in [-0.2, -0.15) is 0 Å². The minimum absolute atomic E-state index is 0.0762. The summed E-state index contributed by atoms with van der Waals surface area (Å²) in [6.45, 7) is 0. The first-order chi connectivity index (χ1) is 30.9. The van der Waals surface area contributed by atoms with Gasteiger partial charge < -0.3 is 14.6 Å². The molecule has 0 heterocycles. The summed E-state index contributed by atoms with van der Waals surface area (Å²) < 4.78 is 17.9. The second kappa shape index (κ2) is 22.2. The molecule has 2 unspecified atom stereocenters. The first kappa shape index (κ1) is 48.8. The normalized spacial score (nSPS) is 12.0. The molecule has 8 aromatic carbocycles. The van der Waals surface area contributed by atoms with Gasteiger partial charge in [-0.1, -0.05) is 36.4 Å². The summed E-state index contributed by atoms with van der Waals surface area (Å²) >= 11 is 15.4. The van der Waals surface area contributed by atoms with Crippen molar-refractivity contribution in [1.29, 1.82) is 0 Å². The SMILES string of the molecule is O=C(Oc1ccc([S+](c2ccccc2)c2ccc(-c3ccc([S+](c4ccccc4)c4ccc(OC(=O)c5c(I)c(I)c(I)c(I)c5I)cc4)cc3)cc2)cc1)c1c(I)ccc(I)c1O. The molecule has 0 bridgehead atoms. The predicted molar refractivity (Wildman–Crippen MR) is 315 cm³/mol. The third kappa shape index (κ3) is 10.9. The van der Waals surface area contributed by atoms with Gasteiger partial charge in [-0.05, 0) is 303 Å². The first-order valence-electron chi connectivity index (χ1n) is 19.0. The van der Waals surface area contributed by atoms with Gasteiger partial charge in [0, 0.05) is 21.4 Å². The summed E-state index contributed by atoms with van der Waals surface area (Å²) in [5.41, 5.74) is 2.97. The molecule has 0 fully saturated rings. The van der Waals surface area contributed by atoms with E-state index in [0.29, 0.717) is 24.2 Å². The third-order valence-electron chi connectivity index (χ3n) is 9.71. The number of carbonyl (C=O) groups excluding carboxylic acids is 2. The average molecular weight is 1660 g/mol. The summed E-state index contributed by atoms with van der Waals surface area (Å²) in [4.78, 5) is 33.5. The maximum absolute atomic E-state index is 13.5. The van der Waals surface area contributed by atoms with E-state index in [2.05, 4.69) is 222 Å². The van der Waals surface area contributed by atoms with Crippen LogP contribution in [0.1, 0.15) is 20.7 Å². The van der Waals surface area contributed by atoms with Crippen molar-refractivity contribution in [3.8, 4) is 28.4 Å². The number of hydrogen-bond acceptors (Lipinski definition) is 5. The van der Waals surface area contributed by atoms with Crippen LogP contribution >= 0.6 is 158 Å². The molecule has 0 aliphatic heterocycles. The van der Waals surface area contributed by atoms with Crippen LogP contribution in [0.15, 0.2) is 199 Å². The fraction of sp³-hybridized carbons (Fsp3) is 0. The van der Waals surface area contributed by atoms with Crippen molar-refractivity contribution in [1.82, 2.24) is 0 Å². The Bertz CT molecular complexity index is 2960. The molecule has 0 aliphatic carbocycles. The van der Waals surface area contributed by atoms with Gasteiger partial charge in [0.2, 0.25) is 0 Å². The molecule has 2 atom stereocenters. The Labute approximate surface area is 472 Å². The largest absolute Gasteiger partial charge is 0.506 e. The highest BCUT2D eigenvalue weighted by atomic mass is 127. The van der Waals surface area contributed by atoms with Crippen LogP contribution in [0.2, 0.25) is 0 Å². The Hall–Kier alpha value is -1.69. The van der Waals surface area contributed by atoms with Gasteiger partial charge in [0.25, 0.3) is 0 Å². The number of rotatable bonds is 11. The number of phenols is 1. The fourth-order valence-corrected chi connectivity index (χ4v) is 17.1. The van der Waals surface area contributed by atoms with E-state index >= 15 is 0 Å². The number of esters is 2. The van der Waals surface area contributed by atoms with Crippen molar-refractivity contribution in [2.24, 2.45) is 0 Å². The van der Waals surface area contributed by atoms with Crippen LogP contribution in [0.3, 0.4) is 0 Å². The highest BCUT2D eigenvalue weighted by Crippen LogP contribution is 2.38. The highest BCUT2D eigenvalue weighted by molar-refractivity contribution is 14.1. The minimum atomic E-state index is -0.600. The van der Waals surface area contributed by atoms with Crippen molar-refractivity contribution >= 4 is 192 Å². The maximum atomic E-state index is 13.5. The summed E-state index contributed by atoms with van der Waals surface area (Å²) in [6.07, 6.45) is 0. The van der Waals surface area contributed by atoms with Gasteiger partial charge >= 0.3 is 11.9 Å². The van der Waals surface area contributed by atoms with Gasteiger partial charge in [-0.3, -0.25) is 0 Å². The topological polar surface area (TPSA) is 72.8 Å². The lowest BCUT2D eigenvalue weighted by Gasteiger charge is -2.13. The van der Waals surface area contributed by atoms with E-state index in [-0.39, 0.29) is 17.3 Å². The summed E-state index contributed by atoms with van der Waals surface area (Å²) in [5, 5.41) is 10.6. The smallest absolute Gasteiger partial charge is 0.348 e. The number of carbonyl (C=O) groups is 2. The van der Waals surface area contributed by atoms with E-state index in [4.69, 9.17) is 9.47 Å². The Morgan fingerprint density at radius 2 is 0.672 bits per heavy atom. The molecule has 1 N–H and O–H groups in total. The quantitative estimate of drug-likeness (QED) is 0.0349. The molecular formula is C50H29I7O5S2+2. The summed E-state index contributed by atoms with van der Waals surface area (Å²) in [7, 11) is -0.837. The number of halogens is 7. The molecule has 0 radical (unpaired) electrons. The molecule has 0 saturated heterocycles. The van der Waals surface area contributed by atoms with Crippen LogP contribution in [0.4, 0.5) is 0 Å². The molecule has 5 nitrogen and oxygen atoms in total. The monoisotopic (exact) mass is 1660 g/mol. The lowest BCUT2D eigenvalue weighted by Crippen LogP contribution is -2.15. The number of hydrogen-bond donors (Lipinski definition) is 1. The molecule has 0 saturated carbocycles. The predicted octanol–water partition coefficient (Wildman–Crippen LogP) is 15.9. The second-order valence-corrected chi connectivity index (χ2v) is 25.5. The zero-order valence-electron chi connectivity index (χ0n) is 32.7. The number of aromatic hydroxyl groups is 1. The molecule has 0 aliphatic rings. The Morgan fingerprint density at radius 1 is 0.359 bits per heavy atom. The minimum Gasteiger partial charge on any atom is -0.506 e. The lowest BCUT2D eigenvalue weighted by molar-refractivity contribution is 0.0721. The Balaban J connectivity index is 1.02. The summed E-state index contributed by atoms with van der Waals surface area (Å²) in [5.74, 6) is -0.133. The standard InChI is InChI=1S/C50H28I7O5S2/c51-39-27-28-40(52)48(58)41(39)49(59)61-31-15-23-37(24-16-31)63(33-7-3-1-4-8-33)35-19-11-29(12-20-35)30-13-21-36(22-14-30)64(34-9-5-2-6-10-34)38-25-17-32(18-26-38)62-50(60)42-43(53)45(55)47(57)46(56)44(42)54/h1-28H/q+1/p+1. The third-order valence-corrected chi connectivity index (χ3v) is 25.5. The number of phenolic OH excluding ortho intramolecular Hbond substituents is 1. The van der Waals surface area contributed by atoms with Crippen molar-refractivity contribution in [3.63, 3.8) is 0 Å². The van der Waals surface area contributed by atoms with Crippen LogP contribution < -0.4 is 9.47 Å². The van der Waals surface area contributed by atoms with Gasteiger partial charge in [-0.25, -0.2) is 9.59 Å². The van der Waals surface area contributed by atoms with Crippen LogP contribution in [0, 0.1) is 25.0 Å². The molecule has 14 heteroatoms. The molecule has 8 aromatic rings. The van der Waals surface area contributed by atoms with Crippen molar-refractivity contribution in [3.05, 3.63) is 206 Å². The van der Waals surface area contributed by atoms with E-state index < -0.39 is 27.8 Å². The molecule has 0 amide bonds. The van der Waals surface area contributed by atoms with E-state index in [1.165, 1.54) is 14.7 Å². The molecule has 318 valence electrons. The summed E-state index contributed by atoms with van der Waals surface area (Å²) in [6, 6.07) is 57.5. The Kier molecular flexibility index (Phi) is 16.9. The van der Waals surface area contributed by atoms with Gasteiger partial charge in [0.1, 0.15) is 22.8 Å². The van der Waals surface area contributed by atoms with E-state index in [9.17, 15) is 14.7 Å². The maximum Gasteiger partial charge on any atom is 0.348 e. The number of ether oxygens (including phenoxy) is 2. The lowest BCUT2D eigenvalue weighted by atomic mass is 10.1. The van der Waals surface area contributed by atoms with E-state index in [1.54, 1.807) is 12.1 Å². The second-order valence-electron chi connectivity index (χ2n) is 13.7. The fourth-order valence-electron chi connectivity index (χ4n) is 6.62. The van der Waals surface area contributed by atoms with Crippen LogP contribution in [0.25, 0.3) is 11.1 Å². The van der Waals surface area contributed by atoms with E-state index in [0.717, 1.165) is 43.7 Å². The average Bonchev–Trinajstić information content (AvgIpc) is 3.31. The van der Waals surface area contributed by atoms with Crippen LogP contribution in [0.5, 0.6) is 17.2 Å². The van der Waals surface area contributed by atoms with Crippen molar-refractivity contribution in [2.75, 3.05) is 0 Å².